The molecule has 1 aliphatic rings. The summed E-state index contributed by atoms with van der Waals surface area (Å²) in [6.07, 6.45) is 8.96. The molecule has 268 valence electrons. The molecule has 1 aliphatic carbocycles. The molecule has 0 N–H and O–H groups in total. The van der Waals surface area contributed by atoms with Gasteiger partial charge in [-0.05, 0) is 48.2 Å². The van der Waals surface area contributed by atoms with E-state index < -0.39 is 0 Å². The third kappa shape index (κ3) is 4.80. The van der Waals surface area contributed by atoms with E-state index in [1.54, 1.807) is 0 Å². The van der Waals surface area contributed by atoms with Crippen molar-refractivity contribution in [2.45, 2.75) is 12.8 Å². The van der Waals surface area contributed by atoms with E-state index >= 15 is 0 Å². The van der Waals surface area contributed by atoms with Crippen LogP contribution in [-0.4, -0.2) is 24.1 Å². The molecule has 57 heavy (non-hydrogen) atoms. The molecular weight excluding hydrogens is 699 g/mol. The lowest BCUT2D eigenvalue weighted by Gasteiger charge is -2.13. The van der Waals surface area contributed by atoms with Crippen LogP contribution in [0.5, 0.6) is 0 Å². The van der Waals surface area contributed by atoms with E-state index in [-0.39, 0.29) is 0 Å². The van der Waals surface area contributed by atoms with Gasteiger partial charge >= 0.3 is 0 Å². The molecule has 4 heterocycles. The number of hydrogen-bond acceptors (Lipinski definition) is 4. The fourth-order valence-electron chi connectivity index (χ4n) is 8.92. The van der Waals surface area contributed by atoms with Crippen LogP contribution in [0, 0.1) is 0 Å². The van der Waals surface area contributed by atoms with Gasteiger partial charge < -0.3 is 8.98 Å². The van der Waals surface area contributed by atoms with Crippen molar-refractivity contribution in [1.29, 1.82) is 0 Å². The Morgan fingerprint density at radius 3 is 1.74 bits per heavy atom. The highest BCUT2D eigenvalue weighted by Crippen LogP contribution is 2.44. The largest absolute Gasteiger partial charge is 0.454 e. The van der Waals surface area contributed by atoms with Crippen molar-refractivity contribution in [3.63, 3.8) is 0 Å². The number of para-hydroxylation sites is 3. The number of benzene rings is 7. The topological polar surface area (TPSA) is 61.7 Å². The van der Waals surface area contributed by atoms with Crippen LogP contribution < -0.4 is 0 Å². The smallest absolute Gasteiger partial charge is 0.238 e. The Kier molecular flexibility index (Phi) is 6.95. The highest BCUT2D eigenvalue weighted by Gasteiger charge is 2.25. The van der Waals surface area contributed by atoms with Crippen molar-refractivity contribution in [3.8, 4) is 34.4 Å². The summed E-state index contributed by atoms with van der Waals surface area (Å²) in [6, 6.07) is 55.0. The Bertz CT molecular complexity index is 3400. The molecule has 7 aromatic carbocycles. The predicted octanol–water partition coefficient (Wildman–Crippen LogP) is 13.0. The third-order valence-corrected chi connectivity index (χ3v) is 11.4. The number of hydrogen-bond donors (Lipinski definition) is 0. The lowest BCUT2D eigenvalue weighted by molar-refractivity contribution is 0.666. The molecule has 4 aromatic heterocycles. The lowest BCUT2D eigenvalue weighted by atomic mass is 9.95. The zero-order chi connectivity index (χ0) is 37.5. The van der Waals surface area contributed by atoms with E-state index in [1.807, 2.05) is 36.4 Å². The molecule has 0 radical (unpaired) electrons. The van der Waals surface area contributed by atoms with Crippen LogP contribution in [-0.2, 0) is 0 Å². The molecule has 12 rings (SSSR count). The standard InChI is InChI=1S/C51H33N5O/c1-4-16-32(17-5-1)35-24-15-29-44-45(35)40-25-14-28-43(48(40)57-44)55-41-26-12-10-22-36(41)38-30-31-39-37-23-11-13-27-42(37)56(47(39)46(38)55)51-53-49(33-18-6-2-7-19-33)52-50(54-51)34-20-8-3-9-21-34/h2-4,6-31H,1,5H2. The number of allylic oxidation sites excluding steroid dienone is 4. The minimum atomic E-state index is 0.554. The van der Waals surface area contributed by atoms with Gasteiger partial charge in [0.2, 0.25) is 5.95 Å². The first-order valence-electron chi connectivity index (χ1n) is 19.4. The minimum absolute atomic E-state index is 0.554. The van der Waals surface area contributed by atoms with Crippen molar-refractivity contribution < 1.29 is 4.42 Å². The molecule has 0 saturated carbocycles. The van der Waals surface area contributed by atoms with Crippen molar-refractivity contribution in [2.24, 2.45) is 0 Å². The normalized spacial score (nSPS) is 13.2. The van der Waals surface area contributed by atoms with Gasteiger partial charge in [0.15, 0.2) is 17.2 Å². The summed E-state index contributed by atoms with van der Waals surface area (Å²) >= 11 is 0. The van der Waals surface area contributed by atoms with Gasteiger partial charge in [-0.25, -0.2) is 4.98 Å². The average Bonchev–Trinajstić information content (AvgIpc) is 3.95. The van der Waals surface area contributed by atoms with Crippen LogP contribution in [0.25, 0.3) is 106 Å². The van der Waals surface area contributed by atoms with Crippen molar-refractivity contribution >= 4 is 71.1 Å². The first-order valence-corrected chi connectivity index (χ1v) is 19.4. The van der Waals surface area contributed by atoms with Gasteiger partial charge in [-0.1, -0.05) is 152 Å². The molecule has 0 saturated heterocycles. The molecular formula is C51H33N5O. The van der Waals surface area contributed by atoms with Crippen molar-refractivity contribution in [3.05, 3.63) is 182 Å². The Hall–Kier alpha value is -7.57. The van der Waals surface area contributed by atoms with Crippen LogP contribution in [0.15, 0.2) is 180 Å². The summed E-state index contributed by atoms with van der Waals surface area (Å²) in [5, 5.41) is 6.75. The zero-order valence-corrected chi connectivity index (χ0v) is 30.8. The summed E-state index contributed by atoms with van der Waals surface area (Å²) in [5.74, 6) is 1.78. The second-order valence-corrected chi connectivity index (χ2v) is 14.7. The molecule has 11 aromatic rings. The van der Waals surface area contributed by atoms with Gasteiger partial charge in [0.25, 0.3) is 0 Å². The quantitative estimate of drug-likeness (QED) is 0.177. The summed E-state index contributed by atoms with van der Waals surface area (Å²) < 4.78 is 11.6. The number of nitrogens with zero attached hydrogens (tertiary/aromatic N) is 5. The Morgan fingerprint density at radius 1 is 0.474 bits per heavy atom. The molecule has 0 atom stereocenters. The Balaban J connectivity index is 1.23. The van der Waals surface area contributed by atoms with E-state index in [1.165, 1.54) is 11.1 Å². The first-order chi connectivity index (χ1) is 28.3. The van der Waals surface area contributed by atoms with Crippen LogP contribution >= 0.6 is 0 Å². The molecule has 0 spiro atoms. The zero-order valence-electron chi connectivity index (χ0n) is 30.8. The van der Waals surface area contributed by atoms with Crippen LogP contribution in [0.1, 0.15) is 18.4 Å². The van der Waals surface area contributed by atoms with Crippen LogP contribution in [0.3, 0.4) is 0 Å². The van der Waals surface area contributed by atoms with Gasteiger partial charge in [0.05, 0.1) is 27.8 Å². The number of fused-ring (bicyclic) bond motifs is 10. The van der Waals surface area contributed by atoms with Gasteiger partial charge in [0.1, 0.15) is 5.58 Å². The average molecular weight is 732 g/mol. The maximum Gasteiger partial charge on any atom is 0.238 e. The van der Waals surface area contributed by atoms with Gasteiger partial charge in [-0.3, -0.25) is 4.57 Å². The molecule has 0 unspecified atom stereocenters. The van der Waals surface area contributed by atoms with E-state index in [0.717, 1.165) is 95.2 Å². The number of rotatable bonds is 5. The SMILES string of the molecule is C1=CC(c2cccc3oc4c(-n5c6ccccc6c6ccc7c8ccccc8n(-c8nc(-c9ccccc9)nc(-c9ccccc9)n8)c7c65)cccc4c23)=CCC1. The third-order valence-electron chi connectivity index (χ3n) is 11.4. The predicted molar refractivity (Wildman–Crippen MR) is 233 cm³/mol. The Labute approximate surface area is 327 Å². The highest BCUT2D eigenvalue weighted by atomic mass is 16.3. The number of furan rings is 1. The fourth-order valence-corrected chi connectivity index (χ4v) is 8.92. The van der Waals surface area contributed by atoms with E-state index in [4.69, 9.17) is 19.4 Å². The minimum Gasteiger partial charge on any atom is -0.454 e. The molecule has 0 fully saturated rings. The lowest BCUT2D eigenvalue weighted by Crippen LogP contribution is -2.07. The summed E-state index contributed by atoms with van der Waals surface area (Å²) in [4.78, 5) is 15.6. The first kappa shape index (κ1) is 31.7. The van der Waals surface area contributed by atoms with Crippen molar-refractivity contribution in [1.82, 2.24) is 24.1 Å². The van der Waals surface area contributed by atoms with Crippen molar-refractivity contribution in [2.75, 3.05) is 0 Å². The maximum absolute atomic E-state index is 6.94. The van der Waals surface area contributed by atoms with Gasteiger partial charge in [0, 0.05) is 43.4 Å². The van der Waals surface area contributed by atoms with Crippen LogP contribution in [0.2, 0.25) is 0 Å². The summed E-state index contributed by atoms with van der Waals surface area (Å²) in [5.41, 5.74) is 11.2. The van der Waals surface area contributed by atoms with E-state index in [0.29, 0.717) is 17.6 Å². The fraction of sp³-hybridized carbons (Fsp3) is 0.0392. The monoisotopic (exact) mass is 731 g/mol. The van der Waals surface area contributed by atoms with Gasteiger partial charge in [-0.15, -0.1) is 0 Å². The summed E-state index contributed by atoms with van der Waals surface area (Å²) in [6.45, 7) is 0. The Morgan fingerprint density at radius 2 is 1.07 bits per heavy atom. The molecule has 6 heteroatoms. The second kappa shape index (κ2) is 12.5. The van der Waals surface area contributed by atoms with Crippen LogP contribution in [0.4, 0.5) is 0 Å². The second-order valence-electron chi connectivity index (χ2n) is 14.7. The molecule has 0 bridgehead atoms. The maximum atomic E-state index is 6.94. The van der Waals surface area contributed by atoms with Gasteiger partial charge in [-0.2, -0.15) is 9.97 Å². The highest BCUT2D eigenvalue weighted by molar-refractivity contribution is 6.24. The molecule has 6 nitrogen and oxygen atoms in total. The summed E-state index contributed by atoms with van der Waals surface area (Å²) in [7, 11) is 0. The molecule has 0 amide bonds. The molecule has 0 aliphatic heterocycles. The van der Waals surface area contributed by atoms with E-state index in [9.17, 15) is 0 Å². The number of aromatic nitrogens is 5. The van der Waals surface area contributed by atoms with E-state index in [2.05, 4.69) is 149 Å².